The van der Waals surface area contributed by atoms with E-state index in [9.17, 15) is 23.1 Å². The summed E-state index contributed by atoms with van der Waals surface area (Å²) in [6.45, 7) is 3.20. The molecule has 0 aromatic carbocycles. The van der Waals surface area contributed by atoms with Gasteiger partial charge < -0.3 is 14.8 Å². The average molecular weight is 358 g/mol. The highest BCUT2D eigenvalue weighted by atomic mass is 32.2. The molecule has 9 heteroatoms. The predicted octanol–water partition coefficient (Wildman–Crippen LogP) is 1.26. The van der Waals surface area contributed by atoms with Gasteiger partial charge in [0.1, 0.15) is 5.76 Å². The molecule has 0 aliphatic heterocycles. The highest BCUT2D eigenvalue weighted by molar-refractivity contribution is 7.89. The minimum atomic E-state index is -3.80. The minimum absolute atomic E-state index is 0.0831. The van der Waals surface area contributed by atoms with Crippen molar-refractivity contribution in [2.24, 2.45) is 5.92 Å². The first-order valence-electron chi connectivity index (χ1n) is 7.70. The smallest absolute Gasteiger partial charge is 0.308 e. The summed E-state index contributed by atoms with van der Waals surface area (Å²) < 4.78 is 30.8. The van der Waals surface area contributed by atoms with E-state index >= 15 is 0 Å². The van der Waals surface area contributed by atoms with Gasteiger partial charge in [-0.2, -0.15) is 0 Å². The Bertz CT molecular complexity index is 754. The SMILES string of the molecule is CNS(=O)(=O)c1cc(C(=O)NC2(C)CCCCC2C(=O)O)c(C)o1. The van der Waals surface area contributed by atoms with Gasteiger partial charge in [0.2, 0.25) is 5.09 Å². The topological polar surface area (TPSA) is 126 Å². The lowest BCUT2D eigenvalue weighted by Crippen LogP contribution is -2.55. The lowest BCUT2D eigenvalue weighted by molar-refractivity contribution is -0.145. The van der Waals surface area contributed by atoms with Crippen molar-refractivity contribution in [1.29, 1.82) is 0 Å². The van der Waals surface area contributed by atoms with Crippen molar-refractivity contribution in [1.82, 2.24) is 10.0 Å². The van der Waals surface area contributed by atoms with Crippen molar-refractivity contribution in [3.8, 4) is 0 Å². The van der Waals surface area contributed by atoms with Crippen molar-refractivity contribution >= 4 is 21.9 Å². The van der Waals surface area contributed by atoms with Crippen LogP contribution in [0.2, 0.25) is 0 Å². The summed E-state index contributed by atoms with van der Waals surface area (Å²) in [5, 5.41) is 11.8. The van der Waals surface area contributed by atoms with Crippen LogP contribution in [0.25, 0.3) is 0 Å². The molecule has 0 bridgehead atoms. The van der Waals surface area contributed by atoms with E-state index in [4.69, 9.17) is 4.42 Å². The largest absolute Gasteiger partial charge is 0.481 e. The van der Waals surface area contributed by atoms with Crippen LogP contribution in [0.1, 0.15) is 48.7 Å². The molecule has 8 nitrogen and oxygen atoms in total. The third-order valence-corrected chi connectivity index (χ3v) is 5.85. The summed E-state index contributed by atoms with van der Waals surface area (Å²) in [7, 11) is -2.55. The maximum atomic E-state index is 12.6. The van der Waals surface area contributed by atoms with E-state index < -0.39 is 33.4 Å². The maximum absolute atomic E-state index is 12.6. The summed E-state index contributed by atoms with van der Waals surface area (Å²) in [4.78, 5) is 24.0. The van der Waals surface area contributed by atoms with Gasteiger partial charge in [-0.25, -0.2) is 13.1 Å². The number of rotatable bonds is 5. The quantitative estimate of drug-likeness (QED) is 0.727. The fourth-order valence-corrected chi connectivity index (χ4v) is 3.83. The summed E-state index contributed by atoms with van der Waals surface area (Å²) in [6.07, 6.45) is 2.67. The number of carboxylic acid groups (broad SMARTS) is 1. The number of aliphatic carboxylic acids is 1. The Morgan fingerprint density at radius 3 is 2.62 bits per heavy atom. The third-order valence-electron chi connectivity index (χ3n) is 4.58. The van der Waals surface area contributed by atoms with Gasteiger partial charge in [0, 0.05) is 6.07 Å². The molecule has 1 aromatic rings. The van der Waals surface area contributed by atoms with Crippen molar-refractivity contribution in [3.63, 3.8) is 0 Å². The van der Waals surface area contributed by atoms with E-state index in [1.807, 2.05) is 0 Å². The zero-order valence-corrected chi connectivity index (χ0v) is 14.7. The highest BCUT2D eigenvalue weighted by Crippen LogP contribution is 2.34. The lowest BCUT2D eigenvalue weighted by atomic mass is 9.73. The fraction of sp³-hybridized carbons (Fsp3) is 0.600. The molecule has 1 aromatic heterocycles. The van der Waals surface area contributed by atoms with Crippen LogP contribution in [0.3, 0.4) is 0 Å². The molecule has 2 rings (SSSR count). The Morgan fingerprint density at radius 2 is 2.04 bits per heavy atom. The fourth-order valence-electron chi connectivity index (χ4n) is 3.12. The van der Waals surface area contributed by atoms with E-state index in [2.05, 4.69) is 10.0 Å². The molecular weight excluding hydrogens is 336 g/mol. The molecule has 0 radical (unpaired) electrons. The number of sulfonamides is 1. The monoisotopic (exact) mass is 358 g/mol. The number of carboxylic acids is 1. The number of furan rings is 1. The molecule has 1 amide bonds. The lowest BCUT2D eigenvalue weighted by Gasteiger charge is -2.39. The molecule has 24 heavy (non-hydrogen) atoms. The molecule has 0 spiro atoms. The zero-order valence-electron chi connectivity index (χ0n) is 13.9. The number of hydrogen-bond acceptors (Lipinski definition) is 5. The van der Waals surface area contributed by atoms with Gasteiger partial charge in [-0.3, -0.25) is 9.59 Å². The van der Waals surface area contributed by atoms with E-state index in [0.29, 0.717) is 12.8 Å². The number of aryl methyl sites for hydroxylation is 1. The molecule has 1 aliphatic carbocycles. The summed E-state index contributed by atoms with van der Waals surface area (Å²) in [5.41, 5.74) is -0.799. The number of nitrogens with one attached hydrogen (secondary N) is 2. The minimum Gasteiger partial charge on any atom is -0.481 e. The van der Waals surface area contributed by atoms with Gasteiger partial charge in [0.25, 0.3) is 15.9 Å². The van der Waals surface area contributed by atoms with Gasteiger partial charge in [-0.05, 0) is 33.7 Å². The molecule has 2 atom stereocenters. The van der Waals surface area contributed by atoms with Crippen LogP contribution in [0.15, 0.2) is 15.6 Å². The molecule has 1 saturated carbocycles. The second-order valence-corrected chi connectivity index (χ2v) is 8.07. The number of carbonyl (C=O) groups excluding carboxylic acids is 1. The second kappa shape index (κ2) is 6.56. The summed E-state index contributed by atoms with van der Waals surface area (Å²) in [6, 6.07) is 1.15. The first-order chi connectivity index (χ1) is 11.1. The maximum Gasteiger partial charge on any atom is 0.308 e. The van der Waals surface area contributed by atoms with Crippen molar-refractivity contribution in [3.05, 3.63) is 17.4 Å². The first kappa shape index (κ1) is 18.5. The standard InChI is InChI=1S/C15H22N2O6S/c1-9-10(8-12(23-9)24(21,22)16-3)13(18)17-15(2)7-5-4-6-11(15)14(19)20/h8,11,16H,4-7H2,1-3H3,(H,17,18)(H,19,20). The number of amides is 1. The Hall–Kier alpha value is -1.87. The molecule has 134 valence electrons. The Labute approximate surface area is 140 Å². The van der Waals surface area contributed by atoms with Gasteiger partial charge in [0.15, 0.2) is 0 Å². The van der Waals surface area contributed by atoms with Crippen molar-refractivity contribution < 1.29 is 27.5 Å². The van der Waals surface area contributed by atoms with Crippen LogP contribution >= 0.6 is 0 Å². The van der Waals surface area contributed by atoms with E-state index in [1.54, 1.807) is 6.92 Å². The van der Waals surface area contributed by atoms with Crippen molar-refractivity contribution in [2.75, 3.05) is 7.05 Å². The average Bonchev–Trinajstić information content (AvgIpc) is 2.89. The van der Waals surface area contributed by atoms with E-state index in [-0.39, 0.29) is 16.4 Å². The number of hydrogen-bond donors (Lipinski definition) is 3. The van der Waals surface area contributed by atoms with Crippen LogP contribution < -0.4 is 10.0 Å². The van der Waals surface area contributed by atoms with Crippen LogP contribution in [0.5, 0.6) is 0 Å². The van der Waals surface area contributed by atoms with Crippen LogP contribution in [-0.2, 0) is 14.8 Å². The molecule has 1 fully saturated rings. The summed E-state index contributed by atoms with van der Waals surface area (Å²) >= 11 is 0. The molecule has 1 heterocycles. The Balaban J connectivity index is 2.28. The number of carbonyl (C=O) groups is 2. The van der Waals surface area contributed by atoms with Crippen molar-refractivity contribution in [2.45, 2.75) is 50.2 Å². The molecule has 3 N–H and O–H groups in total. The van der Waals surface area contributed by atoms with Gasteiger partial charge >= 0.3 is 5.97 Å². The zero-order chi connectivity index (χ0) is 18.1. The first-order valence-corrected chi connectivity index (χ1v) is 9.18. The van der Waals surface area contributed by atoms with Crippen LogP contribution in [-0.4, -0.2) is 38.0 Å². The normalized spacial score (nSPS) is 24.5. The van der Waals surface area contributed by atoms with E-state index in [0.717, 1.165) is 18.9 Å². The van der Waals surface area contributed by atoms with E-state index in [1.165, 1.54) is 14.0 Å². The Kier molecular flexibility index (Phi) is 5.05. The third kappa shape index (κ3) is 3.46. The molecule has 2 unspecified atom stereocenters. The van der Waals surface area contributed by atoms with Gasteiger partial charge in [-0.15, -0.1) is 0 Å². The van der Waals surface area contributed by atoms with Crippen LogP contribution in [0.4, 0.5) is 0 Å². The summed E-state index contributed by atoms with van der Waals surface area (Å²) in [5.74, 6) is -2.00. The molecular formula is C15H22N2O6S. The predicted molar refractivity (Wildman–Crippen MR) is 85.2 cm³/mol. The highest BCUT2D eigenvalue weighted by Gasteiger charge is 2.42. The van der Waals surface area contributed by atoms with Gasteiger partial charge in [0.05, 0.1) is 17.0 Å². The Morgan fingerprint density at radius 1 is 1.38 bits per heavy atom. The van der Waals surface area contributed by atoms with Gasteiger partial charge in [-0.1, -0.05) is 12.8 Å². The molecule has 0 saturated heterocycles. The molecule has 1 aliphatic rings. The van der Waals surface area contributed by atoms with Crippen LogP contribution in [0, 0.1) is 12.8 Å². The second-order valence-electron chi connectivity index (χ2n) is 6.25.